The first-order chi connectivity index (χ1) is 10.3. The molecule has 0 aromatic heterocycles. The highest BCUT2D eigenvalue weighted by Crippen LogP contribution is 2.25. The second-order valence-corrected chi connectivity index (χ2v) is 6.91. The van der Waals surface area contributed by atoms with Gasteiger partial charge in [-0.1, -0.05) is 30.3 Å². The van der Waals surface area contributed by atoms with Gasteiger partial charge in [0, 0.05) is 6.42 Å². The van der Waals surface area contributed by atoms with Crippen molar-refractivity contribution in [3.8, 4) is 0 Å². The van der Waals surface area contributed by atoms with Crippen LogP contribution in [0.1, 0.15) is 64.9 Å². The Balaban J connectivity index is 2.43. The number of esters is 1. The van der Waals surface area contributed by atoms with Crippen LogP contribution in [-0.4, -0.2) is 18.4 Å². The Hall–Kier alpha value is -1.64. The minimum absolute atomic E-state index is 0.0839. The summed E-state index contributed by atoms with van der Waals surface area (Å²) >= 11 is 0. The van der Waals surface area contributed by atoms with E-state index in [9.17, 15) is 9.59 Å². The van der Waals surface area contributed by atoms with Gasteiger partial charge in [-0.2, -0.15) is 0 Å². The Morgan fingerprint density at radius 3 is 2.36 bits per heavy atom. The van der Waals surface area contributed by atoms with Crippen LogP contribution >= 0.6 is 0 Å². The van der Waals surface area contributed by atoms with Crippen molar-refractivity contribution in [3.05, 3.63) is 35.9 Å². The minimum Gasteiger partial charge on any atom is -0.462 e. The third-order valence-corrected chi connectivity index (χ3v) is 3.74. The molecule has 0 aliphatic heterocycles. The second-order valence-electron chi connectivity index (χ2n) is 6.91. The van der Waals surface area contributed by atoms with Crippen LogP contribution in [0.25, 0.3) is 0 Å². The Kier molecular flexibility index (Phi) is 7.30. The van der Waals surface area contributed by atoms with E-state index in [0.717, 1.165) is 25.5 Å². The van der Waals surface area contributed by atoms with Gasteiger partial charge in [-0.05, 0) is 58.4 Å². The van der Waals surface area contributed by atoms with Crippen LogP contribution in [0, 0.1) is 5.41 Å². The zero-order valence-corrected chi connectivity index (χ0v) is 14.2. The van der Waals surface area contributed by atoms with E-state index in [1.165, 1.54) is 5.56 Å². The van der Waals surface area contributed by atoms with Crippen molar-refractivity contribution >= 4 is 12.3 Å². The molecule has 0 radical (unpaired) electrons. The van der Waals surface area contributed by atoms with Gasteiger partial charge in [0.25, 0.3) is 0 Å². The smallest absolute Gasteiger partial charge is 0.311 e. The first kappa shape index (κ1) is 18.4. The van der Waals surface area contributed by atoms with E-state index in [2.05, 4.69) is 12.1 Å². The van der Waals surface area contributed by atoms with Crippen molar-refractivity contribution in [2.75, 3.05) is 0 Å². The molecular formula is C19H28O3. The molecular weight excluding hydrogens is 276 g/mol. The molecule has 1 aromatic carbocycles. The van der Waals surface area contributed by atoms with E-state index < -0.39 is 5.41 Å². The van der Waals surface area contributed by atoms with Gasteiger partial charge in [-0.3, -0.25) is 4.79 Å². The molecule has 0 heterocycles. The van der Waals surface area contributed by atoms with Gasteiger partial charge in [0.15, 0.2) is 0 Å². The molecule has 1 aromatic rings. The lowest BCUT2D eigenvalue weighted by molar-refractivity contribution is -0.158. The summed E-state index contributed by atoms with van der Waals surface area (Å²) in [5, 5.41) is 0. The quantitative estimate of drug-likeness (QED) is 0.524. The Morgan fingerprint density at radius 1 is 1.18 bits per heavy atom. The van der Waals surface area contributed by atoms with Gasteiger partial charge in [0.2, 0.25) is 0 Å². The molecule has 122 valence electrons. The molecule has 22 heavy (non-hydrogen) atoms. The van der Waals surface area contributed by atoms with E-state index in [0.29, 0.717) is 6.42 Å². The molecule has 3 nitrogen and oxygen atoms in total. The second kappa shape index (κ2) is 8.72. The zero-order valence-electron chi connectivity index (χ0n) is 14.2. The van der Waals surface area contributed by atoms with Gasteiger partial charge in [0.05, 0.1) is 11.5 Å². The van der Waals surface area contributed by atoms with E-state index in [4.69, 9.17) is 4.74 Å². The van der Waals surface area contributed by atoms with Crippen LogP contribution in [0.15, 0.2) is 30.3 Å². The fourth-order valence-electron chi connectivity index (χ4n) is 2.33. The highest BCUT2D eigenvalue weighted by Gasteiger charge is 2.24. The number of hydrogen-bond acceptors (Lipinski definition) is 3. The SMILES string of the molecule is CC(CCCC(CC=O)c1ccccc1)OC(=O)C(C)(C)C. The summed E-state index contributed by atoms with van der Waals surface area (Å²) in [6.45, 7) is 7.51. The molecule has 2 unspecified atom stereocenters. The predicted molar refractivity (Wildman–Crippen MR) is 88.7 cm³/mol. The summed E-state index contributed by atoms with van der Waals surface area (Å²) in [5.74, 6) is 0.0942. The standard InChI is InChI=1S/C19H28O3/c1-15(22-18(21)19(2,3)4)9-8-12-17(13-14-20)16-10-6-5-7-11-16/h5-7,10-11,14-15,17H,8-9,12-13H2,1-4H3. The predicted octanol–water partition coefficient (Wildman–Crippen LogP) is 4.51. The molecule has 0 saturated carbocycles. The number of rotatable bonds is 8. The summed E-state index contributed by atoms with van der Waals surface area (Å²) in [5.41, 5.74) is 0.743. The van der Waals surface area contributed by atoms with Crippen molar-refractivity contribution in [3.63, 3.8) is 0 Å². The first-order valence-corrected chi connectivity index (χ1v) is 8.04. The van der Waals surface area contributed by atoms with E-state index in [1.807, 2.05) is 45.9 Å². The summed E-state index contributed by atoms with van der Waals surface area (Å²) in [7, 11) is 0. The number of hydrogen-bond donors (Lipinski definition) is 0. The van der Waals surface area contributed by atoms with Crippen LogP contribution in [0.2, 0.25) is 0 Å². The molecule has 0 aliphatic carbocycles. The van der Waals surface area contributed by atoms with Crippen molar-refractivity contribution in [1.29, 1.82) is 0 Å². The molecule has 0 amide bonds. The summed E-state index contributed by atoms with van der Waals surface area (Å²) in [4.78, 5) is 22.7. The molecule has 0 bridgehead atoms. The maximum atomic E-state index is 11.8. The van der Waals surface area contributed by atoms with Crippen LogP contribution in [-0.2, 0) is 14.3 Å². The van der Waals surface area contributed by atoms with Crippen molar-refractivity contribution < 1.29 is 14.3 Å². The van der Waals surface area contributed by atoms with E-state index in [-0.39, 0.29) is 18.0 Å². The average molecular weight is 304 g/mol. The van der Waals surface area contributed by atoms with Gasteiger partial charge in [-0.25, -0.2) is 0 Å². The molecule has 0 N–H and O–H groups in total. The molecule has 0 saturated heterocycles. The topological polar surface area (TPSA) is 43.4 Å². The molecule has 2 atom stereocenters. The van der Waals surface area contributed by atoms with Gasteiger partial charge in [0.1, 0.15) is 6.29 Å². The van der Waals surface area contributed by atoms with Crippen molar-refractivity contribution in [2.24, 2.45) is 5.41 Å². The fraction of sp³-hybridized carbons (Fsp3) is 0.579. The first-order valence-electron chi connectivity index (χ1n) is 8.04. The number of carbonyl (C=O) groups excluding carboxylic acids is 2. The van der Waals surface area contributed by atoms with Gasteiger partial charge >= 0.3 is 5.97 Å². The van der Waals surface area contributed by atoms with E-state index >= 15 is 0 Å². The monoisotopic (exact) mass is 304 g/mol. The number of ether oxygens (including phenoxy) is 1. The number of benzene rings is 1. The summed E-state index contributed by atoms with van der Waals surface area (Å²) in [6, 6.07) is 10.1. The third-order valence-electron chi connectivity index (χ3n) is 3.74. The maximum Gasteiger partial charge on any atom is 0.311 e. The Morgan fingerprint density at radius 2 is 1.82 bits per heavy atom. The lowest BCUT2D eigenvalue weighted by Crippen LogP contribution is -2.27. The van der Waals surface area contributed by atoms with Gasteiger partial charge in [-0.15, -0.1) is 0 Å². The largest absolute Gasteiger partial charge is 0.462 e. The molecule has 0 fully saturated rings. The highest BCUT2D eigenvalue weighted by atomic mass is 16.5. The van der Waals surface area contributed by atoms with Gasteiger partial charge < -0.3 is 9.53 Å². The van der Waals surface area contributed by atoms with Crippen molar-refractivity contribution in [1.82, 2.24) is 0 Å². The van der Waals surface area contributed by atoms with E-state index in [1.54, 1.807) is 0 Å². The van der Waals surface area contributed by atoms with Crippen LogP contribution in [0.5, 0.6) is 0 Å². The molecule has 3 heteroatoms. The Bertz CT molecular complexity index is 459. The average Bonchev–Trinajstić information content (AvgIpc) is 2.46. The van der Waals surface area contributed by atoms with Crippen molar-refractivity contribution in [2.45, 2.75) is 65.4 Å². The van der Waals surface area contributed by atoms with Crippen LogP contribution in [0.3, 0.4) is 0 Å². The van der Waals surface area contributed by atoms with Crippen LogP contribution in [0.4, 0.5) is 0 Å². The molecule has 0 aliphatic rings. The van der Waals surface area contributed by atoms with Crippen LogP contribution < -0.4 is 0 Å². The minimum atomic E-state index is -0.460. The molecule has 1 rings (SSSR count). The lowest BCUT2D eigenvalue weighted by Gasteiger charge is -2.21. The highest BCUT2D eigenvalue weighted by molar-refractivity contribution is 5.75. The normalized spacial score (nSPS) is 14.2. The molecule has 0 spiro atoms. The Labute approximate surface area is 134 Å². The lowest BCUT2D eigenvalue weighted by atomic mass is 9.90. The maximum absolute atomic E-state index is 11.8. The number of aldehydes is 1. The summed E-state index contributed by atoms with van der Waals surface area (Å²) in [6.07, 6.45) is 4.14. The third kappa shape index (κ3) is 6.42. The zero-order chi connectivity index (χ0) is 16.6. The summed E-state index contributed by atoms with van der Waals surface area (Å²) < 4.78 is 5.45. The number of carbonyl (C=O) groups is 2. The fourth-order valence-corrected chi connectivity index (χ4v) is 2.33.